The first-order chi connectivity index (χ1) is 12.6. The van der Waals surface area contributed by atoms with Crippen molar-refractivity contribution in [1.29, 1.82) is 0 Å². The molecule has 2 aromatic heterocycles. The number of fused-ring (bicyclic) bond motifs is 3. The SMILES string of the molecule is COc1cccc2[nH]c3c(=O)n(N=Cc4ccc(F)cc4)c(=O)[nH]c3c12. The third-order valence-electron chi connectivity index (χ3n) is 4.03. The van der Waals surface area contributed by atoms with Crippen LogP contribution < -0.4 is 16.0 Å². The van der Waals surface area contributed by atoms with Gasteiger partial charge in [-0.05, 0) is 29.8 Å². The summed E-state index contributed by atoms with van der Waals surface area (Å²) in [6, 6.07) is 10.8. The van der Waals surface area contributed by atoms with Crippen LogP contribution in [0.4, 0.5) is 4.39 Å². The predicted molar refractivity (Wildman–Crippen MR) is 96.6 cm³/mol. The highest BCUT2D eigenvalue weighted by atomic mass is 19.1. The van der Waals surface area contributed by atoms with Crippen LogP contribution in [-0.4, -0.2) is 28.0 Å². The maximum atomic E-state index is 12.9. The van der Waals surface area contributed by atoms with Gasteiger partial charge >= 0.3 is 11.2 Å². The number of aromatic nitrogens is 3. The van der Waals surface area contributed by atoms with E-state index in [1.54, 1.807) is 18.2 Å². The first-order valence-corrected chi connectivity index (χ1v) is 7.72. The van der Waals surface area contributed by atoms with Crippen molar-refractivity contribution < 1.29 is 9.13 Å². The molecule has 2 aromatic carbocycles. The summed E-state index contributed by atoms with van der Waals surface area (Å²) in [5.74, 6) is 0.155. The van der Waals surface area contributed by atoms with Gasteiger partial charge in [0.1, 0.15) is 17.1 Å². The second-order valence-corrected chi connectivity index (χ2v) is 5.60. The number of hydrogen-bond acceptors (Lipinski definition) is 4. The van der Waals surface area contributed by atoms with Gasteiger partial charge in [-0.25, -0.2) is 9.18 Å². The highest BCUT2D eigenvalue weighted by Gasteiger charge is 2.15. The number of aromatic amines is 2. The summed E-state index contributed by atoms with van der Waals surface area (Å²) < 4.78 is 19.0. The van der Waals surface area contributed by atoms with Crippen LogP contribution in [0.3, 0.4) is 0 Å². The number of halogens is 1. The minimum Gasteiger partial charge on any atom is -0.496 e. The summed E-state index contributed by atoms with van der Waals surface area (Å²) >= 11 is 0. The molecule has 0 radical (unpaired) electrons. The summed E-state index contributed by atoms with van der Waals surface area (Å²) in [7, 11) is 1.51. The van der Waals surface area contributed by atoms with Gasteiger partial charge in [0, 0.05) is 0 Å². The Bertz CT molecular complexity index is 1270. The van der Waals surface area contributed by atoms with Gasteiger partial charge in [-0.15, -0.1) is 4.68 Å². The molecule has 8 heteroatoms. The zero-order chi connectivity index (χ0) is 18.3. The maximum absolute atomic E-state index is 12.9. The largest absolute Gasteiger partial charge is 0.496 e. The lowest BCUT2D eigenvalue weighted by atomic mass is 10.2. The molecule has 0 aliphatic carbocycles. The molecule has 0 atom stereocenters. The summed E-state index contributed by atoms with van der Waals surface area (Å²) in [5.41, 5.74) is 0.498. The molecule has 2 heterocycles. The lowest BCUT2D eigenvalue weighted by Crippen LogP contribution is -2.32. The van der Waals surface area contributed by atoms with Crippen LogP contribution in [0, 0.1) is 5.82 Å². The van der Waals surface area contributed by atoms with Crippen molar-refractivity contribution in [2.75, 3.05) is 7.11 Å². The molecule has 7 nitrogen and oxygen atoms in total. The van der Waals surface area contributed by atoms with Crippen molar-refractivity contribution in [1.82, 2.24) is 14.6 Å². The minimum atomic E-state index is -0.687. The van der Waals surface area contributed by atoms with Crippen molar-refractivity contribution in [3.05, 3.63) is 74.7 Å². The molecule has 0 bridgehead atoms. The monoisotopic (exact) mass is 352 g/mol. The molecule has 0 amide bonds. The lowest BCUT2D eigenvalue weighted by Gasteiger charge is -2.01. The summed E-state index contributed by atoms with van der Waals surface area (Å²) in [5, 5.41) is 4.55. The number of nitrogens with one attached hydrogen (secondary N) is 2. The molecular weight excluding hydrogens is 339 g/mol. The second kappa shape index (κ2) is 5.99. The van der Waals surface area contributed by atoms with Crippen LogP contribution in [0.1, 0.15) is 5.56 Å². The van der Waals surface area contributed by atoms with E-state index in [0.29, 0.717) is 32.4 Å². The molecular formula is C18H13FN4O3. The van der Waals surface area contributed by atoms with Gasteiger partial charge in [-0.1, -0.05) is 18.2 Å². The van der Waals surface area contributed by atoms with E-state index in [0.717, 1.165) is 0 Å². The predicted octanol–water partition coefficient (Wildman–Crippen LogP) is 2.20. The molecule has 26 heavy (non-hydrogen) atoms. The summed E-state index contributed by atoms with van der Waals surface area (Å²) in [4.78, 5) is 30.7. The van der Waals surface area contributed by atoms with Crippen molar-refractivity contribution in [2.24, 2.45) is 5.10 Å². The first-order valence-electron chi connectivity index (χ1n) is 7.72. The standard InChI is InChI=1S/C18H13FN4O3/c1-26-13-4-2-3-12-14(13)15-16(21-12)17(24)23(18(25)22-15)20-9-10-5-7-11(19)8-6-10/h2-9,21H,1H3,(H,22,25). The van der Waals surface area contributed by atoms with Crippen LogP contribution in [0.15, 0.2) is 57.2 Å². The Labute approximate surface area is 145 Å². The zero-order valence-corrected chi connectivity index (χ0v) is 13.6. The van der Waals surface area contributed by atoms with Gasteiger partial charge in [0.15, 0.2) is 0 Å². The molecule has 0 spiro atoms. The minimum absolute atomic E-state index is 0.209. The summed E-state index contributed by atoms with van der Waals surface area (Å²) in [6.07, 6.45) is 1.31. The van der Waals surface area contributed by atoms with E-state index in [1.165, 1.54) is 37.6 Å². The number of nitrogens with zero attached hydrogens (tertiary/aromatic N) is 2. The lowest BCUT2D eigenvalue weighted by molar-refractivity contribution is 0.420. The Balaban J connectivity index is 1.92. The highest BCUT2D eigenvalue weighted by Crippen LogP contribution is 2.29. The molecule has 0 unspecified atom stereocenters. The van der Waals surface area contributed by atoms with E-state index in [-0.39, 0.29) is 11.3 Å². The Kier molecular flexibility index (Phi) is 3.65. The molecule has 0 saturated heterocycles. The number of benzene rings is 2. The average molecular weight is 352 g/mol. The van der Waals surface area contributed by atoms with E-state index in [9.17, 15) is 14.0 Å². The fourth-order valence-corrected chi connectivity index (χ4v) is 2.81. The van der Waals surface area contributed by atoms with E-state index in [4.69, 9.17) is 4.74 Å². The zero-order valence-electron chi connectivity index (χ0n) is 13.6. The molecule has 0 fully saturated rings. The van der Waals surface area contributed by atoms with Crippen LogP contribution in [0.2, 0.25) is 0 Å². The van der Waals surface area contributed by atoms with Crippen molar-refractivity contribution in [2.45, 2.75) is 0 Å². The number of rotatable bonds is 3. The van der Waals surface area contributed by atoms with Gasteiger partial charge in [0.2, 0.25) is 0 Å². The van der Waals surface area contributed by atoms with Crippen molar-refractivity contribution in [3.63, 3.8) is 0 Å². The van der Waals surface area contributed by atoms with E-state index in [2.05, 4.69) is 15.1 Å². The number of H-pyrrole nitrogens is 2. The highest BCUT2D eigenvalue weighted by molar-refractivity contribution is 6.07. The molecule has 4 rings (SSSR count). The van der Waals surface area contributed by atoms with Gasteiger partial charge in [-0.3, -0.25) is 4.79 Å². The molecule has 0 aliphatic rings. The fourth-order valence-electron chi connectivity index (χ4n) is 2.81. The van der Waals surface area contributed by atoms with Gasteiger partial charge < -0.3 is 14.7 Å². The third-order valence-corrected chi connectivity index (χ3v) is 4.03. The molecule has 2 N–H and O–H groups in total. The van der Waals surface area contributed by atoms with E-state index in [1.807, 2.05) is 0 Å². The third kappa shape index (κ3) is 2.48. The smallest absolute Gasteiger partial charge is 0.350 e. The number of hydrogen-bond donors (Lipinski definition) is 2. The Hall–Kier alpha value is -3.68. The van der Waals surface area contributed by atoms with Gasteiger partial charge in [0.05, 0.1) is 29.7 Å². The van der Waals surface area contributed by atoms with Crippen LogP contribution >= 0.6 is 0 Å². The first kappa shape index (κ1) is 15.8. The maximum Gasteiger partial charge on any atom is 0.350 e. The molecule has 0 aliphatic heterocycles. The Morgan fingerprint density at radius 2 is 1.85 bits per heavy atom. The average Bonchev–Trinajstić information content (AvgIpc) is 3.02. The van der Waals surface area contributed by atoms with Gasteiger partial charge in [-0.2, -0.15) is 5.10 Å². The molecule has 130 valence electrons. The van der Waals surface area contributed by atoms with Crippen molar-refractivity contribution in [3.8, 4) is 5.75 Å². The van der Waals surface area contributed by atoms with Crippen LogP contribution in [0.5, 0.6) is 5.75 Å². The quantitative estimate of drug-likeness (QED) is 0.554. The van der Waals surface area contributed by atoms with Crippen molar-refractivity contribution >= 4 is 28.2 Å². The normalized spacial score (nSPS) is 11.6. The molecule has 4 aromatic rings. The Morgan fingerprint density at radius 1 is 1.08 bits per heavy atom. The van der Waals surface area contributed by atoms with Crippen LogP contribution in [-0.2, 0) is 0 Å². The number of ether oxygens (including phenoxy) is 1. The Morgan fingerprint density at radius 3 is 2.58 bits per heavy atom. The second-order valence-electron chi connectivity index (χ2n) is 5.60. The van der Waals surface area contributed by atoms with Crippen LogP contribution in [0.25, 0.3) is 21.9 Å². The fraction of sp³-hybridized carbons (Fsp3) is 0.0556. The molecule has 0 saturated carbocycles. The summed E-state index contributed by atoms with van der Waals surface area (Å²) in [6.45, 7) is 0. The van der Waals surface area contributed by atoms with E-state index >= 15 is 0 Å². The topological polar surface area (TPSA) is 92.2 Å². The van der Waals surface area contributed by atoms with Gasteiger partial charge in [0.25, 0.3) is 0 Å². The van der Waals surface area contributed by atoms with E-state index < -0.39 is 11.2 Å². The number of methoxy groups -OCH3 is 1.